The highest BCUT2D eigenvalue weighted by molar-refractivity contribution is 6.35. The van der Waals surface area contributed by atoms with Crippen LogP contribution < -0.4 is 5.32 Å². The highest BCUT2D eigenvalue weighted by Gasteiger charge is 2.55. The summed E-state index contributed by atoms with van der Waals surface area (Å²) in [6.45, 7) is 3.89. The molecule has 0 radical (unpaired) electrons. The van der Waals surface area contributed by atoms with Gasteiger partial charge in [0.05, 0.1) is 10.6 Å². The molecule has 1 amide bonds. The summed E-state index contributed by atoms with van der Waals surface area (Å²) in [5.74, 6) is 0.657. The van der Waals surface area contributed by atoms with Gasteiger partial charge in [-0.2, -0.15) is 0 Å². The number of carbonyl (C=O) groups is 1. The van der Waals surface area contributed by atoms with Crippen molar-refractivity contribution in [3.63, 3.8) is 0 Å². The molecule has 5 rings (SSSR count). The number of rotatable bonds is 5. The van der Waals surface area contributed by atoms with Gasteiger partial charge in [-0.05, 0) is 50.2 Å². The van der Waals surface area contributed by atoms with Crippen molar-refractivity contribution >= 4 is 28.9 Å². The first-order valence-electron chi connectivity index (χ1n) is 10.2. The average molecular weight is 404 g/mol. The van der Waals surface area contributed by atoms with E-state index in [1.54, 1.807) is 6.07 Å². The monoisotopic (exact) mass is 403 g/mol. The Morgan fingerprint density at radius 3 is 2.54 bits per heavy atom. The van der Waals surface area contributed by atoms with Crippen molar-refractivity contribution in [3.8, 4) is 0 Å². The van der Waals surface area contributed by atoms with Crippen LogP contribution in [0.25, 0.3) is 0 Å². The molecular weight excluding hydrogens is 374 g/mol. The number of nitrogens with zero attached hydrogens (tertiary/aromatic N) is 1. The van der Waals surface area contributed by atoms with Gasteiger partial charge in [-0.15, -0.1) is 0 Å². The first-order chi connectivity index (χ1) is 13.1. The van der Waals surface area contributed by atoms with E-state index >= 15 is 0 Å². The molecule has 2 saturated heterocycles. The van der Waals surface area contributed by atoms with Crippen LogP contribution in [-0.4, -0.2) is 46.4 Å². The third kappa shape index (κ3) is 3.22. The normalized spacial score (nSPS) is 31.2. The number of carbonyl (C=O) groups excluding carboxylic acids is 1. The summed E-state index contributed by atoms with van der Waals surface area (Å²) in [6, 6.07) is 5.85. The average Bonchev–Trinajstić information content (AvgIpc) is 2.58. The second-order valence-corrected chi connectivity index (χ2v) is 10.0. The Morgan fingerprint density at radius 2 is 1.96 bits per heavy atom. The number of anilines is 1. The molecular formula is C22H30ClN3O2. The van der Waals surface area contributed by atoms with Crippen molar-refractivity contribution in [3.05, 3.63) is 28.8 Å². The van der Waals surface area contributed by atoms with Crippen LogP contribution in [0.4, 0.5) is 5.69 Å². The van der Waals surface area contributed by atoms with Crippen LogP contribution in [-0.2, 0) is 4.79 Å². The third-order valence-electron chi connectivity index (χ3n) is 6.99. The summed E-state index contributed by atoms with van der Waals surface area (Å²) in [5, 5.41) is 23.2. The van der Waals surface area contributed by atoms with Gasteiger partial charge in [0.25, 0.3) is 0 Å². The maximum absolute atomic E-state index is 13.3. The molecule has 4 fully saturated rings. The minimum absolute atomic E-state index is 0.102. The summed E-state index contributed by atoms with van der Waals surface area (Å²) < 4.78 is 0. The van der Waals surface area contributed by atoms with Gasteiger partial charge < -0.3 is 20.7 Å². The Bertz CT molecular complexity index is 806. The van der Waals surface area contributed by atoms with Gasteiger partial charge in [-0.1, -0.05) is 31.5 Å². The van der Waals surface area contributed by atoms with Crippen LogP contribution in [0.5, 0.6) is 0 Å². The molecule has 2 aliphatic carbocycles. The highest BCUT2D eigenvalue weighted by atomic mass is 35.5. The van der Waals surface area contributed by atoms with Crippen LogP contribution in [0, 0.1) is 16.7 Å². The largest absolute Gasteiger partial charge is 0.390 e. The van der Waals surface area contributed by atoms with E-state index in [1.807, 2.05) is 37.9 Å². The van der Waals surface area contributed by atoms with Crippen molar-refractivity contribution in [1.82, 2.24) is 4.90 Å². The van der Waals surface area contributed by atoms with Gasteiger partial charge in [-0.3, -0.25) is 4.79 Å². The first kappa shape index (κ1) is 19.7. The Morgan fingerprint density at radius 1 is 1.32 bits per heavy atom. The first-order valence-corrected chi connectivity index (χ1v) is 10.6. The van der Waals surface area contributed by atoms with Gasteiger partial charge in [0, 0.05) is 47.9 Å². The van der Waals surface area contributed by atoms with Crippen molar-refractivity contribution in [1.29, 1.82) is 5.41 Å². The molecule has 5 nitrogen and oxygen atoms in total. The zero-order chi connectivity index (χ0) is 20.3. The molecule has 1 aromatic carbocycles. The molecule has 0 spiro atoms. The zero-order valence-electron chi connectivity index (χ0n) is 16.9. The summed E-state index contributed by atoms with van der Waals surface area (Å²) in [4.78, 5) is 15.4. The number of piperidine rings is 2. The zero-order valence-corrected chi connectivity index (χ0v) is 17.6. The van der Waals surface area contributed by atoms with Gasteiger partial charge in [-0.25, -0.2) is 0 Å². The quantitative estimate of drug-likeness (QED) is 0.648. The summed E-state index contributed by atoms with van der Waals surface area (Å²) in [5.41, 5.74) is 0.641. The van der Waals surface area contributed by atoms with Crippen molar-refractivity contribution < 1.29 is 9.90 Å². The maximum Gasteiger partial charge on any atom is 0.224 e. The number of hydrogen-bond donors (Lipinski definition) is 3. The van der Waals surface area contributed by atoms with E-state index in [4.69, 9.17) is 17.0 Å². The smallest absolute Gasteiger partial charge is 0.224 e. The Balaban J connectivity index is 1.54. The van der Waals surface area contributed by atoms with Crippen LogP contribution in [0.2, 0.25) is 5.02 Å². The van der Waals surface area contributed by atoms with Crippen molar-refractivity contribution in [2.45, 2.75) is 70.1 Å². The van der Waals surface area contributed by atoms with Crippen LogP contribution in [0.3, 0.4) is 0 Å². The van der Waals surface area contributed by atoms with E-state index in [2.05, 4.69) is 5.32 Å². The third-order valence-corrected chi connectivity index (χ3v) is 7.30. The Kier molecular flexibility index (Phi) is 4.74. The number of aliphatic hydroxyl groups is 1. The number of hydrogen-bond acceptors (Lipinski definition) is 4. The Hall–Kier alpha value is -1.59. The van der Waals surface area contributed by atoms with Crippen LogP contribution in [0.1, 0.15) is 57.9 Å². The topological polar surface area (TPSA) is 76.4 Å². The second-order valence-electron chi connectivity index (χ2n) is 9.63. The molecule has 28 heavy (non-hydrogen) atoms. The standard InChI is InChI=1S/C22H30ClN3O2/c1-21(2,20(24)19-16(23)5-4-6-17(19)25-3)12-18(27)26-14-7-13-8-15(26)11-22(28,9-13)10-14/h4-6,13-15,24-25,28H,7-12H2,1-3H3. The molecule has 2 saturated carbocycles. The van der Waals surface area contributed by atoms with E-state index < -0.39 is 11.0 Å². The molecule has 3 N–H and O–H groups in total. The minimum atomic E-state index is -0.640. The summed E-state index contributed by atoms with van der Waals surface area (Å²) in [6.07, 6.45) is 4.61. The Labute approximate surface area is 172 Å². The van der Waals surface area contributed by atoms with E-state index in [1.165, 1.54) is 0 Å². The lowest BCUT2D eigenvalue weighted by molar-refractivity contribution is -0.175. The van der Waals surface area contributed by atoms with E-state index in [0.29, 0.717) is 35.1 Å². The van der Waals surface area contributed by atoms with E-state index in [9.17, 15) is 9.90 Å². The van der Waals surface area contributed by atoms with Crippen molar-refractivity contribution in [2.75, 3.05) is 12.4 Å². The number of nitrogens with one attached hydrogen (secondary N) is 2. The van der Waals surface area contributed by atoms with E-state index in [0.717, 1.165) is 24.9 Å². The molecule has 1 aromatic rings. The molecule has 2 unspecified atom stereocenters. The SMILES string of the molecule is CNc1cccc(Cl)c1C(=N)C(C)(C)CC(=O)N1C2CC3CC1CC(O)(C3)C2. The fourth-order valence-corrected chi connectivity index (χ4v) is 6.14. The highest BCUT2D eigenvalue weighted by Crippen LogP contribution is 2.51. The number of amides is 1. The predicted molar refractivity (Wildman–Crippen MR) is 112 cm³/mol. The summed E-state index contributed by atoms with van der Waals surface area (Å²) >= 11 is 6.40. The number of halogens is 1. The maximum atomic E-state index is 13.3. The molecule has 6 heteroatoms. The lowest BCUT2D eigenvalue weighted by Gasteiger charge is -2.60. The molecule has 2 heterocycles. The molecule has 4 aliphatic rings. The molecule has 0 aromatic heterocycles. The van der Waals surface area contributed by atoms with Crippen LogP contribution in [0.15, 0.2) is 18.2 Å². The fraction of sp³-hybridized carbons (Fsp3) is 0.636. The fourth-order valence-electron chi connectivity index (χ4n) is 5.88. The van der Waals surface area contributed by atoms with E-state index in [-0.39, 0.29) is 24.4 Å². The van der Waals surface area contributed by atoms with Crippen molar-refractivity contribution in [2.24, 2.45) is 11.3 Å². The van der Waals surface area contributed by atoms with Gasteiger partial charge in [0.2, 0.25) is 5.91 Å². The molecule has 4 bridgehead atoms. The predicted octanol–water partition coefficient (Wildman–Crippen LogP) is 4.07. The molecule has 152 valence electrons. The van der Waals surface area contributed by atoms with Gasteiger partial charge >= 0.3 is 0 Å². The second kappa shape index (κ2) is 6.74. The van der Waals surface area contributed by atoms with Crippen LogP contribution >= 0.6 is 11.6 Å². The van der Waals surface area contributed by atoms with Gasteiger partial charge in [0.1, 0.15) is 0 Å². The lowest BCUT2D eigenvalue weighted by atomic mass is 9.61. The lowest BCUT2D eigenvalue weighted by Crippen LogP contribution is -2.66. The van der Waals surface area contributed by atoms with Gasteiger partial charge in [0.15, 0.2) is 0 Å². The number of benzene rings is 1. The minimum Gasteiger partial charge on any atom is -0.390 e. The molecule has 2 aliphatic heterocycles. The summed E-state index contributed by atoms with van der Waals surface area (Å²) in [7, 11) is 1.81. The molecule has 2 atom stereocenters.